The number of hydrogen-bond donors (Lipinski definition) is 4. The van der Waals surface area contributed by atoms with E-state index in [9.17, 15) is 0 Å². The molecule has 0 aliphatic carbocycles. The van der Waals surface area contributed by atoms with Crippen LogP contribution in [-0.4, -0.2) is 39.3 Å². The monoisotopic (exact) mass is 248 g/mol. The topological polar surface area (TPSA) is 48.1 Å². The lowest BCUT2D eigenvalue weighted by atomic mass is 10.2. The molecule has 1 aliphatic rings. The SMILES string of the molecule is c1cc2cc(c1)NCCCNCCNCCCN2. The normalized spacial score (nSPS) is 18.9. The summed E-state index contributed by atoms with van der Waals surface area (Å²) in [5.74, 6) is 0. The Balaban J connectivity index is 1.87. The molecule has 2 rings (SSSR count). The molecule has 1 aliphatic heterocycles. The van der Waals surface area contributed by atoms with E-state index in [1.165, 1.54) is 11.4 Å². The summed E-state index contributed by atoms with van der Waals surface area (Å²) in [6, 6.07) is 8.52. The maximum absolute atomic E-state index is 3.46. The summed E-state index contributed by atoms with van der Waals surface area (Å²) in [6.07, 6.45) is 2.30. The van der Waals surface area contributed by atoms with E-state index >= 15 is 0 Å². The summed E-state index contributed by atoms with van der Waals surface area (Å²) >= 11 is 0. The molecule has 0 atom stereocenters. The molecule has 0 amide bonds. The molecule has 2 bridgehead atoms. The minimum atomic E-state index is 1.02. The Hall–Kier alpha value is -1.26. The standard InChI is InChI=1S/C14H24N4/c1-4-13-12-14(5-1)18-9-3-7-16-11-10-15-6-2-8-17-13/h1,4-5,12,15-18H,2-3,6-11H2. The van der Waals surface area contributed by atoms with Gasteiger partial charge < -0.3 is 21.3 Å². The second kappa shape index (κ2) is 7.95. The van der Waals surface area contributed by atoms with Crippen LogP contribution in [0.5, 0.6) is 0 Å². The molecule has 0 fully saturated rings. The fourth-order valence-electron chi connectivity index (χ4n) is 2.06. The van der Waals surface area contributed by atoms with E-state index in [-0.39, 0.29) is 0 Å². The first-order chi connectivity index (χ1) is 8.95. The minimum Gasteiger partial charge on any atom is -0.385 e. The van der Waals surface area contributed by atoms with Crippen LogP contribution >= 0.6 is 0 Å². The van der Waals surface area contributed by atoms with Crippen LogP contribution in [-0.2, 0) is 0 Å². The van der Waals surface area contributed by atoms with Crippen molar-refractivity contribution in [2.45, 2.75) is 12.8 Å². The lowest BCUT2D eigenvalue weighted by molar-refractivity contribution is 0.595. The molecule has 0 radical (unpaired) electrons. The molecule has 4 N–H and O–H groups in total. The van der Waals surface area contributed by atoms with E-state index < -0.39 is 0 Å². The zero-order valence-corrected chi connectivity index (χ0v) is 11.0. The van der Waals surface area contributed by atoms with E-state index in [1.54, 1.807) is 0 Å². The van der Waals surface area contributed by atoms with E-state index in [2.05, 4.69) is 45.5 Å². The molecule has 0 spiro atoms. The number of benzene rings is 1. The van der Waals surface area contributed by atoms with Crippen LogP contribution in [0.15, 0.2) is 24.3 Å². The van der Waals surface area contributed by atoms with Gasteiger partial charge in [-0.2, -0.15) is 0 Å². The fraction of sp³-hybridized carbons (Fsp3) is 0.571. The Kier molecular flexibility index (Phi) is 5.82. The van der Waals surface area contributed by atoms with Crippen molar-refractivity contribution < 1.29 is 0 Å². The zero-order valence-electron chi connectivity index (χ0n) is 11.0. The molecular weight excluding hydrogens is 224 g/mol. The molecular formula is C14H24N4. The van der Waals surface area contributed by atoms with Gasteiger partial charge in [0.1, 0.15) is 0 Å². The fourth-order valence-corrected chi connectivity index (χ4v) is 2.06. The third kappa shape index (κ3) is 4.94. The van der Waals surface area contributed by atoms with Crippen LogP contribution in [0.1, 0.15) is 12.8 Å². The molecule has 1 aromatic carbocycles. The smallest absolute Gasteiger partial charge is 0.0360 e. The first kappa shape index (κ1) is 13.2. The van der Waals surface area contributed by atoms with Gasteiger partial charge in [-0.1, -0.05) is 6.07 Å². The summed E-state index contributed by atoms with van der Waals surface area (Å²) in [7, 11) is 0. The molecule has 1 heterocycles. The second-order valence-electron chi connectivity index (χ2n) is 4.64. The highest BCUT2D eigenvalue weighted by atomic mass is 15.0. The maximum atomic E-state index is 3.46. The molecule has 100 valence electrons. The Bertz CT molecular complexity index is 311. The highest BCUT2D eigenvalue weighted by molar-refractivity contribution is 5.56. The van der Waals surface area contributed by atoms with E-state index in [1.807, 2.05) is 0 Å². The van der Waals surface area contributed by atoms with Crippen molar-refractivity contribution in [3.05, 3.63) is 24.3 Å². The summed E-state index contributed by atoms with van der Waals surface area (Å²) < 4.78 is 0. The van der Waals surface area contributed by atoms with E-state index in [0.717, 1.165) is 52.1 Å². The molecule has 0 saturated heterocycles. The molecule has 18 heavy (non-hydrogen) atoms. The average molecular weight is 248 g/mol. The van der Waals surface area contributed by atoms with Crippen LogP contribution in [0.3, 0.4) is 0 Å². The second-order valence-corrected chi connectivity index (χ2v) is 4.64. The van der Waals surface area contributed by atoms with Gasteiger partial charge >= 0.3 is 0 Å². The van der Waals surface area contributed by atoms with Gasteiger partial charge in [-0.15, -0.1) is 0 Å². The van der Waals surface area contributed by atoms with Crippen LogP contribution in [0.4, 0.5) is 11.4 Å². The number of hydrogen-bond acceptors (Lipinski definition) is 4. The van der Waals surface area contributed by atoms with Gasteiger partial charge in [-0.05, 0) is 44.1 Å². The predicted octanol–water partition coefficient (Wildman–Crippen LogP) is 1.48. The summed E-state index contributed by atoms with van der Waals surface area (Å²) in [6.45, 7) is 6.30. The van der Waals surface area contributed by atoms with Crippen LogP contribution < -0.4 is 21.3 Å². The molecule has 0 aromatic heterocycles. The maximum Gasteiger partial charge on any atom is 0.0360 e. The van der Waals surface area contributed by atoms with E-state index in [4.69, 9.17) is 0 Å². The van der Waals surface area contributed by atoms with Crippen LogP contribution in [0.2, 0.25) is 0 Å². The van der Waals surface area contributed by atoms with Crippen molar-refractivity contribution in [3.8, 4) is 0 Å². The first-order valence-corrected chi connectivity index (χ1v) is 6.94. The van der Waals surface area contributed by atoms with Gasteiger partial charge in [0.2, 0.25) is 0 Å². The Morgan fingerprint density at radius 3 is 1.78 bits per heavy atom. The molecule has 0 saturated carbocycles. The summed E-state index contributed by atoms with van der Waals surface area (Å²) in [5, 5.41) is 13.8. The van der Waals surface area contributed by atoms with E-state index in [0.29, 0.717) is 0 Å². The van der Waals surface area contributed by atoms with Gasteiger partial charge in [0.05, 0.1) is 0 Å². The van der Waals surface area contributed by atoms with Crippen molar-refractivity contribution in [1.82, 2.24) is 10.6 Å². The van der Waals surface area contributed by atoms with Gasteiger partial charge in [-0.25, -0.2) is 0 Å². The number of nitrogens with one attached hydrogen (secondary N) is 4. The quantitative estimate of drug-likeness (QED) is 0.562. The van der Waals surface area contributed by atoms with Crippen molar-refractivity contribution in [1.29, 1.82) is 0 Å². The molecule has 4 nitrogen and oxygen atoms in total. The lowest BCUT2D eigenvalue weighted by Gasteiger charge is -2.09. The van der Waals surface area contributed by atoms with Crippen LogP contribution in [0, 0.1) is 0 Å². The van der Waals surface area contributed by atoms with Gasteiger partial charge in [0.15, 0.2) is 0 Å². The zero-order chi connectivity index (χ0) is 12.5. The largest absolute Gasteiger partial charge is 0.385 e. The Labute approximate surface area is 110 Å². The predicted molar refractivity (Wildman–Crippen MR) is 78.4 cm³/mol. The summed E-state index contributed by atoms with van der Waals surface area (Å²) in [5.41, 5.74) is 2.40. The molecule has 1 aromatic rings. The third-order valence-corrected chi connectivity index (χ3v) is 3.06. The van der Waals surface area contributed by atoms with Crippen molar-refractivity contribution in [2.75, 3.05) is 49.9 Å². The van der Waals surface area contributed by atoms with Crippen LogP contribution in [0.25, 0.3) is 0 Å². The van der Waals surface area contributed by atoms with Crippen molar-refractivity contribution in [2.24, 2.45) is 0 Å². The van der Waals surface area contributed by atoms with Gasteiger partial charge in [-0.3, -0.25) is 0 Å². The highest BCUT2D eigenvalue weighted by Crippen LogP contribution is 2.14. The first-order valence-electron chi connectivity index (χ1n) is 6.94. The van der Waals surface area contributed by atoms with Crippen molar-refractivity contribution in [3.63, 3.8) is 0 Å². The minimum absolute atomic E-state index is 1.02. The average Bonchev–Trinajstić information content (AvgIpc) is 2.40. The summed E-state index contributed by atoms with van der Waals surface area (Å²) in [4.78, 5) is 0. The number of fused-ring (bicyclic) bond motifs is 2. The molecule has 0 unspecified atom stereocenters. The number of anilines is 2. The Morgan fingerprint density at radius 1 is 0.667 bits per heavy atom. The van der Waals surface area contributed by atoms with Crippen molar-refractivity contribution >= 4 is 11.4 Å². The van der Waals surface area contributed by atoms with Gasteiger partial charge in [0.25, 0.3) is 0 Å². The Morgan fingerprint density at radius 2 is 1.22 bits per heavy atom. The number of rotatable bonds is 0. The third-order valence-electron chi connectivity index (χ3n) is 3.06. The lowest BCUT2D eigenvalue weighted by Crippen LogP contribution is -2.29. The van der Waals surface area contributed by atoms with Gasteiger partial charge in [0, 0.05) is 37.6 Å². The highest BCUT2D eigenvalue weighted by Gasteiger charge is 1.97. The molecule has 4 heteroatoms.